The minimum absolute atomic E-state index is 0.118. The van der Waals surface area contributed by atoms with Crippen LogP contribution < -0.4 is 16.4 Å². The number of hydrogen-bond acceptors (Lipinski definition) is 4. The van der Waals surface area contributed by atoms with Gasteiger partial charge in [0.2, 0.25) is 5.91 Å². The Labute approximate surface area is 117 Å². The first kappa shape index (κ1) is 13.0. The molecule has 0 bridgehead atoms. The molecule has 1 saturated heterocycles. The molecule has 1 spiro atoms. The molecule has 4 N–H and O–H groups in total. The first-order valence-corrected chi connectivity index (χ1v) is 7.10. The van der Waals surface area contributed by atoms with E-state index in [1.165, 1.54) is 0 Å². The maximum Gasteiger partial charge on any atom is 0.321 e. The molecular formula is C14H18N4O2. The normalized spacial score (nSPS) is 37.0. The third-order valence-corrected chi connectivity index (χ3v) is 4.98. The molecule has 3 aliphatic rings. The third kappa shape index (κ3) is 1.69. The Hall–Kier alpha value is -2.03. The van der Waals surface area contributed by atoms with Crippen molar-refractivity contribution in [3.8, 4) is 6.07 Å². The van der Waals surface area contributed by atoms with Crippen LogP contribution in [-0.2, 0) is 4.79 Å². The highest BCUT2D eigenvalue weighted by Crippen LogP contribution is 2.48. The smallest absolute Gasteiger partial charge is 0.321 e. The number of rotatable bonds is 0. The van der Waals surface area contributed by atoms with Gasteiger partial charge in [0, 0.05) is 11.3 Å². The van der Waals surface area contributed by atoms with E-state index in [4.69, 9.17) is 5.73 Å². The molecule has 3 rings (SSSR count). The number of carbonyl (C=O) groups excluding carboxylic acids is 2. The molecule has 0 aromatic rings. The SMILES string of the molecule is N#CC1=C(N)[C@H]2C(=O)NC(=O)N[C@@]23CCCCC[C@@H]3C1. The van der Waals surface area contributed by atoms with Crippen molar-refractivity contribution in [2.24, 2.45) is 17.6 Å². The molecule has 1 aliphatic heterocycles. The van der Waals surface area contributed by atoms with Gasteiger partial charge in [-0.2, -0.15) is 5.26 Å². The lowest BCUT2D eigenvalue weighted by molar-refractivity contribution is -0.128. The molecule has 0 aromatic carbocycles. The number of hydrogen-bond donors (Lipinski definition) is 3. The van der Waals surface area contributed by atoms with E-state index in [-0.39, 0.29) is 11.8 Å². The molecule has 3 amide bonds. The van der Waals surface area contributed by atoms with Gasteiger partial charge >= 0.3 is 6.03 Å². The molecule has 20 heavy (non-hydrogen) atoms. The maximum absolute atomic E-state index is 12.3. The summed E-state index contributed by atoms with van der Waals surface area (Å²) in [6.07, 6.45) is 5.35. The Bertz CT molecular complexity index is 548. The summed E-state index contributed by atoms with van der Waals surface area (Å²) in [4.78, 5) is 24.1. The highest BCUT2D eigenvalue weighted by molar-refractivity contribution is 6.01. The van der Waals surface area contributed by atoms with Crippen LogP contribution in [0.25, 0.3) is 0 Å². The van der Waals surface area contributed by atoms with E-state index in [1.54, 1.807) is 0 Å². The van der Waals surface area contributed by atoms with Crippen LogP contribution in [0.15, 0.2) is 11.3 Å². The van der Waals surface area contributed by atoms with Gasteiger partial charge in [-0.05, 0) is 25.2 Å². The Kier molecular flexibility index (Phi) is 2.93. The molecule has 1 heterocycles. The highest BCUT2D eigenvalue weighted by Gasteiger charge is 2.56. The minimum Gasteiger partial charge on any atom is -0.401 e. The predicted molar refractivity (Wildman–Crippen MR) is 70.9 cm³/mol. The molecule has 2 fully saturated rings. The standard InChI is InChI=1S/C14H18N4O2/c15-7-8-6-9-4-2-1-3-5-14(9)10(11(8)16)12(19)17-13(20)18-14/h9-10H,1-6,16H2,(H2,17,18,19,20)/t9-,10+,14-/m1/s1. The lowest BCUT2D eigenvalue weighted by atomic mass is 9.62. The Morgan fingerprint density at radius 2 is 2.10 bits per heavy atom. The summed E-state index contributed by atoms with van der Waals surface area (Å²) in [6.45, 7) is 0. The van der Waals surface area contributed by atoms with E-state index in [0.717, 1.165) is 32.1 Å². The van der Waals surface area contributed by atoms with Gasteiger partial charge in [-0.25, -0.2) is 4.79 Å². The Balaban J connectivity index is 2.13. The summed E-state index contributed by atoms with van der Waals surface area (Å²) in [7, 11) is 0. The fourth-order valence-corrected chi connectivity index (χ4v) is 4.08. The number of amides is 3. The fraction of sp³-hybridized carbons (Fsp3) is 0.643. The summed E-state index contributed by atoms with van der Waals surface area (Å²) in [5.41, 5.74) is 6.32. The van der Waals surface area contributed by atoms with Crippen LogP contribution in [0.3, 0.4) is 0 Å². The fourth-order valence-electron chi connectivity index (χ4n) is 4.08. The van der Waals surface area contributed by atoms with Crippen molar-refractivity contribution in [3.63, 3.8) is 0 Å². The summed E-state index contributed by atoms with van der Waals surface area (Å²) in [5.74, 6) is -0.857. The largest absolute Gasteiger partial charge is 0.401 e. The monoisotopic (exact) mass is 274 g/mol. The topological polar surface area (TPSA) is 108 Å². The van der Waals surface area contributed by atoms with Gasteiger partial charge in [0.25, 0.3) is 0 Å². The van der Waals surface area contributed by atoms with E-state index >= 15 is 0 Å². The van der Waals surface area contributed by atoms with E-state index in [2.05, 4.69) is 16.7 Å². The Morgan fingerprint density at radius 3 is 2.85 bits per heavy atom. The second-order valence-electron chi connectivity index (χ2n) is 5.96. The van der Waals surface area contributed by atoms with Crippen molar-refractivity contribution in [2.75, 3.05) is 0 Å². The van der Waals surface area contributed by atoms with E-state index in [9.17, 15) is 14.9 Å². The second-order valence-corrected chi connectivity index (χ2v) is 5.96. The van der Waals surface area contributed by atoms with Crippen LogP contribution in [0.5, 0.6) is 0 Å². The van der Waals surface area contributed by atoms with Gasteiger partial charge in [-0.15, -0.1) is 0 Å². The number of nitrogens with zero attached hydrogens (tertiary/aromatic N) is 1. The van der Waals surface area contributed by atoms with Crippen LogP contribution in [0.2, 0.25) is 0 Å². The Morgan fingerprint density at radius 1 is 1.30 bits per heavy atom. The average Bonchev–Trinajstić information content (AvgIpc) is 2.58. The van der Waals surface area contributed by atoms with Crippen molar-refractivity contribution in [2.45, 2.75) is 44.1 Å². The molecule has 0 radical (unpaired) electrons. The second kappa shape index (κ2) is 4.51. The zero-order valence-corrected chi connectivity index (χ0v) is 11.2. The van der Waals surface area contributed by atoms with Crippen molar-refractivity contribution in [3.05, 3.63) is 11.3 Å². The van der Waals surface area contributed by atoms with Crippen LogP contribution in [0.4, 0.5) is 4.79 Å². The number of carbonyl (C=O) groups is 2. The minimum atomic E-state index is -0.605. The molecular weight excluding hydrogens is 256 g/mol. The van der Waals surface area contributed by atoms with Crippen LogP contribution in [0.1, 0.15) is 38.5 Å². The van der Waals surface area contributed by atoms with E-state index in [1.807, 2.05) is 0 Å². The van der Waals surface area contributed by atoms with Gasteiger partial charge in [0.1, 0.15) is 5.92 Å². The van der Waals surface area contributed by atoms with E-state index < -0.39 is 17.5 Å². The molecule has 0 unspecified atom stereocenters. The first-order valence-electron chi connectivity index (χ1n) is 7.10. The quantitative estimate of drug-likeness (QED) is 0.609. The molecule has 106 valence electrons. The molecule has 6 nitrogen and oxygen atoms in total. The summed E-state index contributed by atoms with van der Waals surface area (Å²) in [5, 5.41) is 14.5. The third-order valence-electron chi connectivity index (χ3n) is 4.98. The number of urea groups is 1. The van der Waals surface area contributed by atoms with E-state index in [0.29, 0.717) is 17.7 Å². The summed E-state index contributed by atoms with van der Waals surface area (Å²) < 4.78 is 0. The van der Waals surface area contributed by atoms with Gasteiger partial charge in [0.05, 0.1) is 11.6 Å². The molecule has 2 aliphatic carbocycles. The number of allylic oxidation sites excluding steroid dienone is 1. The molecule has 0 aromatic heterocycles. The number of nitrogens with two attached hydrogens (primary N) is 1. The number of imide groups is 1. The molecule has 1 saturated carbocycles. The van der Waals surface area contributed by atoms with Crippen molar-refractivity contribution < 1.29 is 9.59 Å². The number of nitriles is 1. The lowest BCUT2D eigenvalue weighted by Gasteiger charge is -2.50. The van der Waals surface area contributed by atoms with Gasteiger partial charge < -0.3 is 11.1 Å². The van der Waals surface area contributed by atoms with Crippen LogP contribution >= 0.6 is 0 Å². The van der Waals surface area contributed by atoms with Crippen LogP contribution in [0, 0.1) is 23.2 Å². The maximum atomic E-state index is 12.3. The lowest BCUT2D eigenvalue weighted by Crippen LogP contribution is -2.71. The van der Waals surface area contributed by atoms with Gasteiger partial charge in [-0.1, -0.05) is 19.3 Å². The zero-order chi connectivity index (χ0) is 14.3. The zero-order valence-electron chi connectivity index (χ0n) is 11.2. The highest BCUT2D eigenvalue weighted by atomic mass is 16.2. The van der Waals surface area contributed by atoms with Crippen LogP contribution in [-0.4, -0.2) is 17.5 Å². The van der Waals surface area contributed by atoms with Gasteiger partial charge in [-0.3, -0.25) is 10.1 Å². The molecule has 3 atom stereocenters. The van der Waals surface area contributed by atoms with Gasteiger partial charge in [0.15, 0.2) is 0 Å². The van der Waals surface area contributed by atoms with Crippen molar-refractivity contribution >= 4 is 11.9 Å². The average molecular weight is 274 g/mol. The van der Waals surface area contributed by atoms with Crippen molar-refractivity contribution in [1.82, 2.24) is 10.6 Å². The summed E-state index contributed by atoms with van der Waals surface area (Å²) >= 11 is 0. The first-order chi connectivity index (χ1) is 9.58. The van der Waals surface area contributed by atoms with Crippen molar-refractivity contribution in [1.29, 1.82) is 5.26 Å². The molecule has 6 heteroatoms. The number of nitrogens with one attached hydrogen (secondary N) is 2. The predicted octanol–water partition coefficient (Wildman–Crippen LogP) is 0.901. The summed E-state index contributed by atoms with van der Waals surface area (Å²) in [6, 6.07) is 1.69.